The van der Waals surface area contributed by atoms with E-state index in [1.54, 1.807) is 0 Å². The maximum atomic E-state index is 5.76. The number of anilines is 1. The van der Waals surface area contributed by atoms with Gasteiger partial charge in [-0.05, 0) is 44.7 Å². The van der Waals surface area contributed by atoms with Crippen LogP contribution in [-0.2, 0) is 0 Å². The molecule has 1 aromatic rings. The summed E-state index contributed by atoms with van der Waals surface area (Å²) in [5.41, 5.74) is 1.26. The maximum absolute atomic E-state index is 5.76. The topological polar surface area (TPSA) is 24.5 Å². The zero-order valence-corrected chi connectivity index (χ0v) is 11.8. The number of hydrogen-bond acceptors (Lipinski definition) is 3. The molecule has 0 bridgehead atoms. The standard InChI is InChI=1S/C16H24N2O/c1-2-19-16-8-4-3-7-15(16)18-11-5-6-14(12-18)17-13-9-10-13/h3-4,7-8,13-14,17H,2,5-6,9-12H2,1H3. The summed E-state index contributed by atoms with van der Waals surface area (Å²) in [6.07, 6.45) is 5.31. The average molecular weight is 260 g/mol. The Kier molecular flexibility index (Phi) is 3.92. The molecule has 3 nitrogen and oxygen atoms in total. The van der Waals surface area contributed by atoms with Gasteiger partial charge in [-0.2, -0.15) is 0 Å². The Bertz CT molecular complexity index is 417. The third kappa shape index (κ3) is 3.21. The Morgan fingerprint density at radius 3 is 2.84 bits per heavy atom. The molecule has 104 valence electrons. The molecule has 3 heteroatoms. The number of ether oxygens (including phenoxy) is 1. The van der Waals surface area contributed by atoms with Gasteiger partial charge in [0.05, 0.1) is 12.3 Å². The van der Waals surface area contributed by atoms with E-state index in [1.807, 2.05) is 6.92 Å². The minimum Gasteiger partial charge on any atom is -0.492 e. The van der Waals surface area contributed by atoms with Crippen molar-refractivity contribution in [3.05, 3.63) is 24.3 Å². The molecule has 1 N–H and O–H groups in total. The quantitative estimate of drug-likeness (QED) is 0.881. The van der Waals surface area contributed by atoms with Gasteiger partial charge in [-0.3, -0.25) is 0 Å². The number of nitrogens with one attached hydrogen (secondary N) is 1. The van der Waals surface area contributed by atoms with Crippen LogP contribution in [0, 0.1) is 0 Å². The highest BCUT2D eigenvalue weighted by Gasteiger charge is 2.28. The van der Waals surface area contributed by atoms with Gasteiger partial charge >= 0.3 is 0 Å². The molecule has 1 unspecified atom stereocenters. The molecule has 0 aromatic heterocycles. The van der Waals surface area contributed by atoms with Crippen LogP contribution in [0.25, 0.3) is 0 Å². The van der Waals surface area contributed by atoms with E-state index in [1.165, 1.54) is 31.4 Å². The number of rotatable bonds is 5. The smallest absolute Gasteiger partial charge is 0.142 e. The van der Waals surface area contributed by atoms with E-state index < -0.39 is 0 Å². The fraction of sp³-hybridized carbons (Fsp3) is 0.625. The van der Waals surface area contributed by atoms with Gasteiger partial charge in [0, 0.05) is 25.2 Å². The molecule has 0 radical (unpaired) electrons. The van der Waals surface area contributed by atoms with E-state index in [0.717, 1.165) is 31.5 Å². The van der Waals surface area contributed by atoms with Crippen LogP contribution in [0.5, 0.6) is 5.75 Å². The Morgan fingerprint density at radius 1 is 1.21 bits per heavy atom. The normalized spacial score (nSPS) is 23.4. The van der Waals surface area contributed by atoms with Crippen molar-refractivity contribution in [2.45, 2.75) is 44.7 Å². The third-order valence-corrected chi connectivity index (χ3v) is 3.98. The van der Waals surface area contributed by atoms with Crippen molar-refractivity contribution in [2.24, 2.45) is 0 Å². The van der Waals surface area contributed by atoms with Crippen molar-refractivity contribution < 1.29 is 4.74 Å². The first-order chi connectivity index (χ1) is 9.36. The number of benzene rings is 1. The van der Waals surface area contributed by atoms with Crippen LogP contribution in [-0.4, -0.2) is 31.8 Å². The first-order valence-corrected chi connectivity index (χ1v) is 7.59. The second-order valence-electron chi connectivity index (χ2n) is 5.63. The van der Waals surface area contributed by atoms with E-state index in [0.29, 0.717) is 6.04 Å². The summed E-state index contributed by atoms with van der Waals surface area (Å²) < 4.78 is 5.76. The Balaban J connectivity index is 1.69. The van der Waals surface area contributed by atoms with E-state index in [-0.39, 0.29) is 0 Å². The van der Waals surface area contributed by atoms with Crippen LogP contribution in [0.4, 0.5) is 5.69 Å². The molecular formula is C16H24N2O. The zero-order valence-electron chi connectivity index (χ0n) is 11.8. The molecule has 19 heavy (non-hydrogen) atoms. The van der Waals surface area contributed by atoms with Crippen molar-refractivity contribution in [3.8, 4) is 5.75 Å². The molecular weight excluding hydrogens is 236 g/mol. The summed E-state index contributed by atoms with van der Waals surface area (Å²) in [5.74, 6) is 1.03. The van der Waals surface area contributed by atoms with Crippen LogP contribution in [0.2, 0.25) is 0 Å². The van der Waals surface area contributed by atoms with Crippen molar-refractivity contribution in [1.82, 2.24) is 5.32 Å². The van der Waals surface area contributed by atoms with Crippen LogP contribution in [0.3, 0.4) is 0 Å². The first-order valence-electron chi connectivity index (χ1n) is 7.59. The van der Waals surface area contributed by atoms with E-state index >= 15 is 0 Å². The van der Waals surface area contributed by atoms with Gasteiger partial charge in [-0.15, -0.1) is 0 Å². The Labute approximate surface area is 115 Å². The third-order valence-electron chi connectivity index (χ3n) is 3.98. The van der Waals surface area contributed by atoms with Gasteiger partial charge < -0.3 is 15.0 Å². The van der Waals surface area contributed by atoms with Crippen LogP contribution < -0.4 is 15.0 Å². The molecule has 1 atom stereocenters. The van der Waals surface area contributed by atoms with Gasteiger partial charge in [0.25, 0.3) is 0 Å². The van der Waals surface area contributed by atoms with Gasteiger partial charge in [0.1, 0.15) is 5.75 Å². The maximum Gasteiger partial charge on any atom is 0.142 e. The van der Waals surface area contributed by atoms with Gasteiger partial charge in [0.2, 0.25) is 0 Å². The SMILES string of the molecule is CCOc1ccccc1N1CCCC(NC2CC2)C1. The van der Waals surface area contributed by atoms with Crippen molar-refractivity contribution >= 4 is 5.69 Å². The molecule has 3 rings (SSSR count). The minimum atomic E-state index is 0.649. The zero-order chi connectivity index (χ0) is 13.1. The molecule has 1 aliphatic heterocycles. The predicted octanol–water partition coefficient (Wildman–Crippen LogP) is 2.81. The van der Waals surface area contributed by atoms with Crippen LogP contribution in [0.15, 0.2) is 24.3 Å². The Morgan fingerprint density at radius 2 is 2.05 bits per heavy atom. The molecule has 0 spiro atoms. The molecule has 1 heterocycles. The summed E-state index contributed by atoms with van der Waals surface area (Å²) in [5, 5.41) is 3.76. The summed E-state index contributed by atoms with van der Waals surface area (Å²) in [4.78, 5) is 2.48. The fourth-order valence-corrected chi connectivity index (χ4v) is 2.91. The number of nitrogens with zero attached hydrogens (tertiary/aromatic N) is 1. The molecule has 0 amide bonds. The van der Waals surface area contributed by atoms with Crippen molar-refractivity contribution in [3.63, 3.8) is 0 Å². The molecule has 1 aliphatic carbocycles. The molecule has 2 fully saturated rings. The highest BCUT2D eigenvalue weighted by Crippen LogP contribution is 2.31. The van der Waals surface area contributed by atoms with Crippen molar-refractivity contribution in [1.29, 1.82) is 0 Å². The molecule has 1 saturated heterocycles. The number of piperidine rings is 1. The van der Waals surface area contributed by atoms with Crippen molar-refractivity contribution in [2.75, 3.05) is 24.6 Å². The molecule has 1 aromatic carbocycles. The number of hydrogen-bond donors (Lipinski definition) is 1. The van der Waals surface area contributed by atoms with E-state index in [2.05, 4.69) is 34.5 Å². The average Bonchev–Trinajstić information content (AvgIpc) is 3.24. The van der Waals surface area contributed by atoms with Gasteiger partial charge in [-0.25, -0.2) is 0 Å². The van der Waals surface area contributed by atoms with Crippen LogP contribution in [0.1, 0.15) is 32.6 Å². The summed E-state index contributed by atoms with van der Waals surface area (Å²) in [7, 11) is 0. The van der Waals surface area contributed by atoms with Gasteiger partial charge in [-0.1, -0.05) is 12.1 Å². The van der Waals surface area contributed by atoms with E-state index in [9.17, 15) is 0 Å². The highest BCUT2D eigenvalue weighted by atomic mass is 16.5. The lowest BCUT2D eigenvalue weighted by Crippen LogP contribution is -2.46. The minimum absolute atomic E-state index is 0.649. The van der Waals surface area contributed by atoms with E-state index in [4.69, 9.17) is 4.74 Å². The lowest BCUT2D eigenvalue weighted by atomic mass is 10.0. The predicted molar refractivity (Wildman–Crippen MR) is 79.0 cm³/mol. The summed E-state index contributed by atoms with van der Waals surface area (Å²) in [6, 6.07) is 9.87. The van der Waals surface area contributed by atoms with Crippen LogP contribution >= 0.6 is 0 Å². The first kappa shape index (κ1) is 12.8. The molecule has 2 aliphatic rings. The molecule has 1 saturated carbocycles. The number of para-hydroxylation sites is 2. The highest BCUT2D eigenvalue weighted by molar-refractivity contribution is 5.58. The second kappa shape index (κ2) is 5.83. The Hall–Kier alpha value is -1.22. The summed E-state index contributed by atoms with van der Waals surface area (Å²) >= 11 is 0. The van der Waals surface area contributed by atoms with Gasteiger partial charge in [0.15, 0.2) is 0 Å². The lowest BCUT2D eigenvalue weighted by molar-refractivity contribution is 0.338. The largest absolute Gasteiger partial charge is 0.492 e. The summed E-state index contributed by atoms with van der Waals surface area (Å²) in [6.45, 7) is 5.03. The fourth-order valence-electron chi connectivity index (χ4n) is 2.91. The lowest BCUT2D eigenvalue weighted by Gasteiger charge is -2.35. The second-order valence-corrected chi connectivity index (χ2v) is 5.63. The monoisotopic (exact) mass is 260 g/mol.